The van der Waals surface area contributed by atoms with Crippen molar-refractivity contribution in [2.45, 2.75) is 113 Å². The number of halogens is 12. The second kappa shape index (κ2) is 16.5. The Bertz CT molecular complexity index is 409. The maximum atomic E-state index is 9.75. The highest BCUT2D eigenvalue weighted by molar-refractivity contribution is 7.60. The Morgan fingerprint density at radius 1 is 0.324 bits per heavy atom. The van der Waals surface area contributed by atoms with Crippen molar-refractivity contribution in [3.05, 3.63) is 0 Å². The van der Waals surface area contributed by atoms with Crippen LogP contribution in [0, 0.1) is 0 Å². The van der Waals surface area contributed by atoms with Gasteiger partial charge in [0.2, 0.25) is 0 Å². The third-order valence-corrected chi connectivity index (χ3v) is 10.1. The summed E-state index contributed by atoms with van der Waals surface area (Å²) in [5, 5.41) is 0. The van der Waals surface area contributed by atoms with E-state index in [2.05, 4.69) is 0 Å². The first kappa shape index (κ1) is 33.8. The summed E-state index contributed by atoms with van der Waals surface area (Å²) in [5.41, 5.74) is 3.57. The zero-order chi connectivity index (χ0) is 26.4. The molecule has 0 radical (unpaired) electrons. The van der Waals surface area contributed by atoms with Crippen LogP contribution in [0.25, 0.3) is 0 Å². The molecular formula is C18H33B3F12P-3. The van der Waals surface area contributed by atoms with E-state index in [9.17, 15) is 51.8 Å². The molecule has 0 unspecified atom stereocenters. The number of rotatable bonds is 3. The first-order chi connectivity index (χ1) is 15.4. The van der Waals surface area contributed by atoms with E-state index in [-0.39, 0.29) is 0 Å². The molecule has 3 rings (SSSR count). The van der Waals surface area contributed by atoms with Crippen molar-refractivity contribution in [3.8, 4) is 0 Å². The highest BCUT2D eigenvalue weighted by Crippen LogP contribution is 2.61. The molecule has 0 saturated heterocycles. The summed E-state index contributed by atoms with van der Waals surface area (Å²) < 4.78 is 117. The zero-order valence-corrected chi connectivity index (χ0v) is 19.9. The fraction of sp³-hybridized carbons (Fsp3) is 1.00. The van der Waals surface area contributed by atoms with Crippen molar-refractivity contribution >= 4 is 29.7 Å². The number of hydrogen-bond acceptors (Lipinski definition) is 0. The minimum atomic E-state index is -6.00. The van der Waals surface area contributed by atoms with Gasteiger partial charge in [0.25, 0.3) is 0 Å². The van der Waals surface area contributed by atoms with Gasteiger partial charge in [0, 0.05) is 0 Å². The van der Waals surface area contributed by atoms with Crippen molar-refractivity contribution in [1.29, 1.82) is 0 Å². The van der Waals surface area contributed by atoms with E-state index in [1.54, 1.807) is 77.0 Å². The molecule has 0 atom stereocenters. The van der Waals surface area contributed by atoms with Gasteiger partial charge in [0.1, 0.15) is 0 Å². The van der Waals surface area contributed by atoms with Crippen LogP contribution < -0.4 is 0 Å². The summed E-state index contributed by atoms with van der Waals surface area (Å²) in [6.07, 6.45) is 23.6. The third kappa shape index (κ3) is 23.5. The lowest BCUT2D eigenvalue weighted by Gasteiger charge is -2.44. The zero-order valence-electron chi connectivity index (χ0n) is 19.1. The van der Waals surface area contributed by atoms with Crippen LogP contribution in [0.2, 0.25) is 0 Å². The minimum absolute atomic E-state index is 0.385. The largest absolute Gasteiger partial charge is 0.673 e. The highest BCUT2D eigenvalue weighted by Gasteiger charge is 2.36. The van der Waals surface area contributed by atoms with E-state index in [1.807, 2.05) is 0 Å². The van der Waals surface area contributed by atoms with Gasteiger partial charge in [-0.05, 0) is 55.5 Å². The molecular weight excluding hydrogens is 508 g/mol. The van der Waals surface area contributed by atoms with Crippen molar-refractivity contribution in [3.63, 3.8) is 0 Å². The number of hydrogen-bond donors (Lipinski definition) is 0. The van der Waals surface area contributed by atoms with Gasteiger partial charge in [-0.15, -0.1) is 0 Å². The van der Waals surface area contributed by atoms with E-state index in [1.165, 1.54) is 36.2 Å². The molecule has 0 heterocycles. The lowest BCUT2D eigenvalue weighted by molar-refractivity contribution is 0.366. The first-order valence-electron chi connectivity index (χ1n) is 11.8. The fourth-order valence-electron chi connectivity index (χ4n) is 5.03. The molecule has 16 heteroatoms. The second-order valence-electron chi connectivity index (χ2n) is 8.81. The van der Waals surface area contributed by atoms with E-state index in [0.29, 0.717) is 7.92 Å². The Morgan fingerprint density at radius 2 is 0.471 bits per heavy atom. The van der Waals surface area contributed by atoms with Crippen LogP contribution in [0.5, 0.6) is 0 Å². The summed E-state index contributed by atoms with van der Waals surface area (Å²) in [6.45, 7) is 0. The van der Waals surface area contributed by atoms with Crippen LogP contribution in [0.3, 0.4) is 0 Å². The van der Waals surface area contributed by atoms with Crippen molar-refractivity contribution in [2.24, 2.45) is 0 Å². The molecule has 0 bridgehead atoms. The smallest absolute Gasteiger partial charge is 0.418 e. The van der Waals surface area contributed by atoms with E-state index in [4.69, 9.17) is 0 Å². The standard InChI is InChI=1S/C18H33P.3BF4/c1-4-10-16(11-5-1)19(17-12-6-2-7-13-17)18-14-8-3-9-15-18;3*2-1(3,4)5/h16-18H,1-15H2;;;/q;3*-1. The van der Waals surface area contributed by atoms with Gasteiger partial charge in [-0.1, -0.05) is 65.7 Å². The monoisotopic (exact) mass is 541 g/mol. The lowest BCUT2D eigenvalue weighted by atomic mass is 9.99. The Labute approximate surface area is 195 Å². The molecule has 206 valence electrons. The SMILES string of the molecule is C1CCC(P(C2CCCCC2)C2CCCCC2)CC1.F[B-](F)(F)F.F[B-](F)(F)F.F[B-](F)(F)F. The average Bonchev–Trinajstić information content (AvgIpc) is 2.67. The Kier molecular flexibility index (Phi) is 16.4. The van der Waals surface area contributed by atoms with Gasteiger partial charge in [0.15, 0.2) is 0 Å². The normalized spacial score (nSPS) is 21.4. The van der Waals surface area contributed by atoms with Gasteiger partial charge in [-0.3, -0.25) is 0 Å². The molecule has 0 aromatic rings. The summed E-state index contributed by atoms with van der Waals surface area (Å²) in [5.74, 6) is 0. The maximum absolute atomic E-state index is 9.75. The maximum Gasteiger partial charge on any atom is 0.673 e. The van der Waals surface area contributed by atoms with E-state index in [0.717, 1.165) is 0 Å². The summed E-state index contributed by atoms with van der Waals surface area (Å²) in [7, 11) is -17.6. The summed E-state index contributed by atoms with van der Waals surface area (Å²) in [4.78, 5) is 0. The molecule has 0 aromatic carbocycles. The molecule has 0 nitrogen and oxygen atoms in total. The predicted molar refractivity (Wildman–Crippen MR) is 118 cm³/mol. The lowest BCUT2D eigenvalue weighted by Crippen LogP contribution is -2.28. The van der Waals surface area contributed by atoms with Crippen LogP contribution in [0.15, 0.2) is 0 Å². The molecule has 34 heavy (non-hydrogen) atoms. The topological polar surface area (TPSA) is 0 Å². The fourth-order valence-corrected chi connectivity index (χ4v) is 9.71. The molecule has 0 amide bonds. The summed E-state index contributed by atoms with van der Waals surface area (Å²) >= 11 is 0. The van der Waals surface area contributed by atoms with Gasteiger partial charge in [0.05, 0.1) is 0 Å². The van der Waals surface area contributed by atoms with Crippen LogP contribution in [-0.4, -0.2) is 38.7 Å². The van der Waals surface area contributed by atoms with Crippen LogP contribution in [0.4, 0.5) is 51.8 Å². The Balaban J connectivity index is 0.000000599. The van der Waals surface area contributed by atoms with Crippen LogP contribution in [0.1, 0.15) is 96.3 Å². The van der Waals surface area contributed by atoms with Gasteiger partial charge in [-0.2, -0.15) is 0 Å². The average molecular weight is 541 g/mol. The molecule has 0 N–H and O–H groups in total. The molecule has 3 aliphatic rings. The minimum Gasteiger partial charge on any atom is -0.418 e. The van der Waals surface area contributed by atoms with Crippen molar-refractivity contribution in [1.82, 2.24) is 0 Å². The van der Waals surface area contributed by atoms with Crippen molar-refractivity contribution < 1.29 is 51.8 Å². The van der Waals surface area contributed by atoms with Gasteiger partial charge < -0.3 is 51.8 Å². The van der Waals surface area contributed by atoms with Crippen molar-refractivity contribution in [2.75, 3.05) is 0 Å². The Hall–Kier alpha value is -0.215. The van der Waals surface area contributed by atoms with Gasteiger partial charge in [-0.25, -0.2) is 0 Å². The van der Waals surface area contributed by atoms with Gasteiger partial charge >= 0.3 is 21.8 Å². The summed E-state index contributed by atoms with van der Waals surface area (Å²) in [6, 6.07) is 0. The van der Waals surface area contributed by atoms with Crippen LogP contribution >= 0.6 is 7.92 Å². The molecule has 0 aliphatic heterocycles. The third-order valence-electron chi connectivity index (χ3n) is 5.99. The molecule has 0 spiro atoms. The highest BCUT2D eigenvalue weighted by atomic mass is 31.1. The van der Waals surface area contributed by atoms with Crippen LogP contribution in [-0.2, 0) is 0 Å². The molecule has 3 fully saturated rings. The predicted octanol–water partition coefficient (Wildman–Crippen LogP) is 10.4. The second-order valence-corrected chi connectivity index (χ2v) is 11.9. The van der Waals surface area contributed by atoms with E-state index < -0.39 is 21.8 Å². The Morgan fingerprint density at radius 3 is 0.618 bits per heavy atom. The molecule has 3 aliphatic carbocycles. The van der Waals surface area contributed by atoms with E-state index >= 15 is 0 Å². The molecule has 3 saturated carbocycles. The quantitative estimate of drug-likeness (QED) is 0.190. The molecule has 0 aromatic heterocycles. The first-order valence-corrected chi connectivity index (χ1v) is 13.4.